The summed E-state index contributed by atoms with van der Waals surface area (Å²) in [7, 11) is 0. The van der Waals surface area contributed by atoms with Gasteiger partial charge in [-0.1, -0.05) is 30.3 Å². The molecule has 0 spiro atoms. The molecule has 12 heavy (non-hydrogen) atoms. The van der Waals surface area contributed by atoms with Crippen LogP contribution in [0.1, 0.15) is 12.0 Å². The van der Waals surface area contributed by atoms with Gasteiger partial charge in [-0.2, -0.15) is 0 Å². The summed E-state index contributed by atoms with van der Waals surface area (Å²) >= 11 is 0. The highest BCUT2D eigenvalue weighted by atomic mass is 16.5. The normalized spacial score (nSPS) is 22.8. The van der Waals surface area contributed by atoms with E-state index in [0.717, 1.165) is 19.1 Å². The van der Waals surface area contributed by atoms with Crippen molar-refractivity contribution in [2.24, 2.45) is 5.92 Å². The van der Waals surface area contributed by atoms with E-state index in [2.05, 4.69) is 30.3 Å². The monoisotopic (exact) mass is 162 g/mol. The Morgan fingerprint density at radius 2 is 2.08 bits per heavy atom. The summed E-state index contributed by atoms with van der Waals surface area (Å²) in [5, 5.41) is 0. The lowest BCUT2D eigenvalue weighted by Gasteiger charge is -2.06. The SMILES string of the molecule is c1ccc(CC2CCOC2)cc1. The fourth-order valence-corrected chi connectivity index (χ4v) is 1.69. The van der Waals surface area contributed by atoms with E-state index in [4.69, 9.17) is 4.74 Å². The Hall–Kier alpha value is -0.820. The van der Waals surface area contributed by atoms with Crippen molar-refractivity contribution < 1.29 is 4.74 Å². The van der Waals surface area contributed by atoms with Gasteiger partial charge in [0.15, 0.2) is 0 Å². The molecule has 2 rings (SSSR count). The largest absolute Gasteiger partial charge is 0.381 e. The first-order valence-corrected chi connectivity index (χ1v) is 4.57. The summed E-state index contributed by atoms with van der Waals surface area (Å²) in [6, 6.07) is 10.7. The van der Waals surface area contributed by atoms with E-state index >= 15 is 0 Å². The molecule has 1 unspecified atom stereocenters. The Morgan fingerprint density at radius 3 is 2.75 bits per heavy atom. The lowest BCUT2D eigenvalue weighted by Crippen LogP contribution is -2.02. The minimum atomic E-state index is 0.757. The van der Waals surface area contributed by atoms with Gasteiger partial charge in [-0.15, -0.1) is 0 Å². The van der Waals surface area contributed by atoms with Crippen molar-refractivity contribution in [1.82, 2.24) is 0 Å². The molecule has 0 N–H and O–H groups in total. The van der Waals surface area contributed by atoms with Crippen molar-refractivity contribution in [1.29, 1.82) is 0 Å². The first kappa shape index (κ1) is 7.81. The van der Waals surface area contributed by atoms with E-state index in [0.29, 0.717) is 0 Å². The Balaban J connectivity index is 1.94. The molecule has 1 saturated heterocycles. The maximum Gasteiger partial charge on any atom is 0.0498 e. The summed E-state index contributed by atoms with van der Waals surface area (Å²) in [6.07, 6.45) is 2.41. The molecule has 1 aliphatic heterocycles. The topological polar surface area (TPSA) is 9.23 Å². The Kier molecular flexibility index (Phi) is 2.42. The molecule has 0 amide bonds. The molecule has 1 fully saturated rings. The van der Waals surface area contributed by atoms with E-state index < -0.39 is 0 Å². The highest BCUT2D eigenvalue weighted by molar-refractivity contribution is 5.15. The van der Waals surface area contributed by atoms with Gasteiger partial charge in [-0.25, -0.2) is 0 Å². The van der Waals surface area contributed by atoms with Crippen LogP contribution in [0, 0.1) is 5.92 Å². The number of hydrogen-bond donors (Lipinski definition) is 0. The molecule has 64 valence electrons. The van der Waals surface area contributed by atoms with Crippen molar-refractivity contribution in [2.75, 3.05) is 13.2 Å². The van der Waals surface area contributed by atoms with Crippen LogP contribution in [0.25, 0.3) is 0 Å². The van der Waals surface area contributed by atoms with Gasteiger partial charge < -0.3 is 4.74 Å². The second-order valence-electron chi connectivity index (χ2n) is 3.42. The highest BCUT2D eigenvalue weighted by Gasteiger charge is 2.15. The van der Waals surface area contributed by atoms with Crippen LogP contribution in [-0.2, 0) is 11.2 Å². The molecular weight excluding hydrogens is 148 g/mol. The number of rotatable bonds is 2. The van der Waals surface area contributed by atoms with Crippen LogP contribution in [0.5, 0.6) is 0 Å². The molecule has 0 saturated carbocycles. The van der Waals surface area contributed by atoms with Gasteiger partial charge in [0.05, 0.1) is 0 Å². The zero-order valence-electron chi connectivity index (χ0n) is 7.20. The second kappa shape index (κ2) is 3.72. The second-order valence-corrected chi connectivity index (χ2v) is 3.42. The summed E-state index contributed by atoms with van der Waals surface area (Å²) in [6.45, 7) is 1.91. The van der Waals surface area contributed by atoms with Gasteiger partial charge >= 0.3 is 0 Å². The van der Waals surface area contributed by atoms with Gasteiger partial charge in [0.1, 0.15) is 0 Å². The van der Waals surface area contributed by atoms with Crippen molar-refractivity contribution >= 4 is 0 Å². The molecule has 1 aromatic carbocycles. The van der Waals surface area contributed by atoms with Gasteiger partial charge in [-0.05, 0) is 24.3 Å². The summed E-state index contributed by atoms with van der Waals surface area (Å²) < 4.78 is 5.33. The van der Waals surface area contributed by atoms with Crippen molar-refractivity contribution in [3.8, 4) is 0 Å². The average molecular weight is 162 g/mol. The van der Waals surface area contributed by atoms with E-state index in [1.54, 1.807) is 0 Å². The molecule has 1 aliphatic rings. The van der Waals surface area contributed by atoms with Crippen LogP contribution >= 0.6 is 0 Å². The summed E-state index contributed by atoms with van der Waals surface area (Å²) in [5.74, 6) is 0.757. The molecule has 0 aliphatic carbocycles. The van der Waals surface area contributed by atoms with E-state index in [1.165, 1.54) is 18.4 Å². The number of benzene rings is 1. The molecule has 1 heteroatoms. The van der Waals surface area contributed by atoms with Gasteiger partial charge in [0.2, 0.25) is 0 Å². The van der Waals surface area contributed by atoms with Crippen LogP contribution in [0.2, 0.25) is 0 Å². The van der Waals surface area contributed by atoms with Gasteiger partial charge in [0.25, 0.3) is 0 Å². The summed E-state index contributed by atoms with van der Waals surface area (Å²) in [4.78, 5) is 0. The van der Waals surface area contributed by atoms with Crippen molar-refractivity contribution in [2.45, 2.75) is 12.8 Å². The fourth-order valence-electron chi connectivity index (χ4n) is 1.69. The smallest absolute Gasteiger partial charge is 0.0498 e. The number of ether oxygens (including phenoxy) is 1. The Bertz CT molecular complexity index is 224. The molecule has 0 bridgehead atoms. The van der Waals surface area contributed by atoms with Crippen molar-refractivity contribution in [3.05, 3.63) is 35.9 Å². The lowest BCUT2D eigenvalue weighted by molar-refractivity contribution is 0.186. The zero-order chi connectivity index (χ0) is 8.23. The van der Waals surface area contributed by atoms with Crippen LogP contribution in [-0.4, -0.2) is 13.2 Å². The van der Waals surface area contributed by atoms with Crippen LogP contribution in [0.4, 0.5) is 0 Å². The maximum atomic E-state index is 5.33. The van der Waals surface area contributed by atoms with Crippen molar-refractivity contribution in [3.63, 3.8) is 0 Å². The van der Waals surface area contributed by atoms with Gasteiger partial charge in [0, 0.05) is 13.2 Å². The highest BCUT2D eigenvalue weighted by Crippen LogP contribution is 2.17. The van der Waals surface area contributed by atoms with Crippen LogP contribution in [0.15, 0.2) is 30.3 Å². The zero-order valence-corrected chi connectivity index (χ0v) is 7.20. The van der Waals surface area contributed by atoms with E-state index in [1.807, 2.05) is 0 Å². The Morgan fingerprint density at radius 1 is 1.25 bits per heavy atom. The predicted molar refractivity (Wildman–Crippen MR) is 49.1 cm³/mol. The van der Waals surface area contributed by atoms with E-state index in [-0.39, 0.29) is 0 Å². The predicted octanol–water partition coefficient (Wildman–Crippen LogP) is 2.27. The minimum absolute atomic E-state index is 0.757. The molecule has 0 radical (unpaired) electrons. The van der Waals surface area contributed by atoms with Gasteiger partial charge in [-0.3, -0.25) is 0 Å². The third-order valence-electron chi connectivity index (χ3n) is 2.39. The van der Waals surface area contributed by atoms with Crippen LogP contribution < -0.4 is 0 Å². The summed E-state index contributed by atoms with van der Waals surface area (Å²) in [5.41, 5.74) is 1.44. The fraction of sp³-hybridized carbons (Fsp3) is 0.455. The number of hydrogen-bond acceptors (Lipinski definition) is 1. The average Bonchev–Trinajstić information content (AvgIpc) is 2.59. The first-order chi connectivity index (χ1) is 5.95. The third kappa shape index (κ3) is 1.86. The minimum Gasteiger partial charge on any atom is -0.381 e. The van der Waals surface area contributed by atoms with E-state index in [9.17, 15) is 0 Å². The first-order valence-electron chi connectivity index (χ1n) is 4.57. The van der Waals surface area contributed by atoms with Crippen LogP contribution in [0.3, 0.4) is 0 Å². The lowest BCUT2D eigenvalue weighted by atomic mass is 9.99. The molecule has 0 aromatic heterocycles. The maximum absolute atomic E-state index is 5.33. The molecular formula is C11H14O. The quantitative estimate of drug-likeness (QED) is 0.648. The standard InChI is InChI=1S/C11H14O/c1-2-4-10(5-3-1)8-11-6-7-12-9-11/h1-5,11H,6-9H2. The molecule has 1 atom stereocenters. The molecule has 1 nitrogen and oxygen atoms in total. The molecule has 1 aromatic rings. The Labute approximate surface area is 73.4 Å². The molecule has 1 heterocycles. The third-order valence-corrected chi connectivity index (χ3v) is 2.39.